The van der Waals surface area contributed by atoms with Gasteiger partial charge in [-0.25, -0.2) is 9.20 Å². The summed E-state index contributed by atoms with van der Waals surface area (Å²) in [6.45, 7) is -0.478. The molecule has 1 aromatic carbocycles. The quantitative estimate of drug-likeness (QED) is 0.772. The molecule has 0 fully saturated rings. The Balaban J connectivity index is 2.12. The van der Waals surface area contributed by atoms with Gasteiger partial charge in [-0.1, -0.05) is 28.1 Å². The van der Waals surface area contributed by atoms with Crippen LogP contribution in [0.25, 0.3) is 16.8 Å². The zero-order chi connectivity index (χ0) is 15.0. The van der Waals surface area contributed by atoms with E-state index in [2.05, 4.69) is 26.1 Å². The van der Waals surface area contributed by atoms with E-state index in [-0.39, 0.29) is 5.52 Å². The summed E-state index contributed by atoms with van der Waals surface area (Å²) in [4.78, 5) is 22.8. The maximum atomic E-state index is 12.1. The summed E-state index contributed by atoms with van der Waals surface area (Å²) in [6.07, 6.45) is 1.32. The third-order valence-electron chi connectivity index (χ3n) is 2.91. The summed E-state index contributed by atoms with van der Waals surface area (Å²) in [6, 6.07) is 9.11. The molecule has 8 heteroatoms. The number of rotatable bonds is 3. The first kappa shape index (κ1) is 13.5. The van der Waals surface area contributed by atoms with E-state index < -0.39 is 18.1 Å². The van der Waals surface area contributed by atoms with Crippen LogP contribution in [0, 0.1) is 0 Å². The van der Waals surface area contributed by atoms with Crippen LogP contribution in [0.4, 0.5) is 0 Å². The van der Waals surface area contributed by atoms with Crippen LogP contribution in [0.2, 0.25) is 0 Å². The number of hydrogen-bond acceptors (Lipinski definition) is 4. The molecule has 0 aliphatic heterocycles. The average molecular weight is 349 g/mol. The van der Waals surface area contributed by atoms with Gasteiger partial charge >= 0.3 is 5.97 Å². The van der Waals surface area contributed by atoms with Crippen molar-refractivity contribution >= 4 is 27.4 Å². The minimum absolute atomic E-state index is 0.282. The van der Waals surface area contributed by atoms with Gasteiger partial charge in [-0.2, -0.15) is 10.2 Å². The van der Waals surface area contributed by atoms with Crippen LogP contribution in [0.1, 0.15) is 0 Å². The van der Waals surface area contributed by atoms with Gasteiger partial charge in [0, 0.05) is 10.0 Å². The summed E-state index contributed by atoms with van der Waals surface area (Å²) in [5.74, 6) is -1.12. The fraction of sp³-hybridized carbons (Fsp3) is 0.0769. The van der Waals surface area contributed by atoms with Crippen LogP contribution in [-0.2, 0) is 11.3 Å². The molecule has 21 heavy (non-hydrogen) atoms. The third kappa shape index (κ3) is 2.57. The molecular weight excluding hydrogens is 340 g/mol. The predicted octanol–water partition coefficient (Wildman–Crippen LogP) is 1.41. The SMILES string of the molecule is O=C(O)Cn1ncn2nc(-c3ccc(Br)cc3)cc2c1=O. The lowest BCUT2D eigenvalue weighted by Crippen LogP contribution is -2.27. The van der Waals surface area contributed by atoms with Crippen LogP contribution in [0.3, 0.4) is 0 Å². The topological polar surface area (TPSA) is 89.5 Å². The predicted molar refractivity (Wildman–Crippen MR) is 78.0 cm³/mol. The highest BCUT2D eigenvalue weighted by Gasteiger charge is 2.11. The average Bonchev–Trinajstić information content (AvgIpc) is 2.87. The van der Waals surface area contributed by atoms with Gasteiger partial charge in [-0.05, 0) is 18.2 Å². The van der Waals surface area contributed by atoms with E-state index in [9.17, 15) is 9.59 Å². The standard InChI is InChI=1S/C13H9BrN4O3/c14-9-3-1-8(2-4-9)10-5-11-13(21)17(6-12(19)20)15-7-18(11)16-10/h1-5,7H,6H2,(H,19,20). The van der Waals surface area contributed by atoms with Crippen LogP contribution in [-0.4, -0.2) is 30.5 Å². The van der Waals surface area contributed by atoms with Gasteiger partial charge in [0.15, 0.2) is 0 Å². The molecule has 2 heterocycles. The molecule has 0 radical (unpaired) electrons. The van der Waals surface area contributed by atoms with Crippen molar-refractivity contribution in [1.82, 2.24) is 19.4 Å². The highest BCUT2D eigenvalue weighted by atomic mass is 79.9. The molecule has 0 bridgehead atoms. The van der Waals surface area contributed by atoms with Crippen molar-refractivity contribution in [3.8, 4) is 11.3 Å². The second-order valence-electron chi connectivity index (χ2n) is 4.35. The van der Waals surface area contributed by atoms with E-state index in [4.69, 9.17) is 5.11 Å². The van der Waals surface area contributed by atoms with Gasteiger partial charge in [0.2, 0.25) is 0 Å². The van der Waals surface area contributed by atoms with E-state index in [0.29, 0.717) is 5.69 Å². The molecule has 3 aromatic rings. The Morgan fingerprint density at radius 2 is 2.00 bits per heavy atom. The molecule has 0 saturated heterocycles. The molecule has 3 rings (SSSR count). The van der Waals surface area contributed by atoms with Crippen LogP contribution >= 0.6 is 15.9 Å². The van der Waals surface area contributed by atoms with Gasteiger partial charge in [0.05, 0.1) is 5.69 Å². The van der Waals surface area contributed by atoms with Crippen molar-refractivity contribution in [2.45, 2.75) is 6.54 Å². The monoisotopic (exact) mass is 348 g/mol. The van der Waals surface area contributed by atoms with Crippen molar-refractivity contribution in [3.05, 3.63) is 51.5 Å². The van der Waals surface area contributed by atoms with Crippen LogP contribution < -0.4 is 5.56 Å². The fourth-order valence-corrected chi connectivity index (χ4v) is 2.20. The lowest BCUT2D eigenvalue weighted by molar-refractivity contribution is -0.138. The number of benzene rings is 1. The Labute approximate surface area is 126 Å². The number of carboxylic acids is 1. The highest BCUT2D eigenvalue weighted by Crippen LogP contribution is 2.20. The molecule has 106 valence electrons. The van der Waals surface area contributed by atoms with Gasteiger partial charge in [-0.3, -0.25) is 9.59 Å². The maximum absolute atomic E-state index is 12.1. The Morgan fingerprint density at radius 1 is 1.29 bits per heavy atom. The molecule has 0 unspecified atom stereocenters. The lowest BCUT2D eigenvalue weighted by Gasteiger charge is -1.99. The lowest BCUT2D eigenvalue weighted by atomic mass is 10.1. The van der Waals surface area contributed by atoms with E-state index in [1.807, 2.05) is 24.3 Å². The van der Waals surface area contributed by atoms with Crippen molar-refractivity contribution in [2.75, 3.05) is 0 Å². The molecule has 0 saturated carbocycles. The van der Waals surface area contributed by atoms with Crippen molar-refractivity contribution in [3.63, 3.8) is 0 Å². The van der Waals surface area contributed by atoms with Crippen molar-refractivity contribution < 1.29 is 9.90 Å². The number of nitrogens with zero attached hydrogens (tertiary/aromatic N) is 4. The van der Waals surface area contributed by atoms with Gasteiger partial charge < -0.3 is 5.11 Å². The zero-order valence-corrected chi connectivity index (χ0v) is 12.2. The second-order valence-corrected chi connectivity index (χ2v) is 5.27. The molecular formula is C13H9BrN4O3. The van der Waals surface area contributed by atoms with Gasteiger partial charge in [0.25, 0.3) is 5.56 Å². The number of carboxylic acid groups (broad SMARTS) is 1. The highest BCUT2D eigenvalue weighted by molar-refractivity contribution is 9.10. The smallest absolute Gasteiger partial charge is 0.325 e. The molecule has 7 nitrogen and oxygen atoms in total. The molecule has 1 N–H and O–H groups in total. The van der Waals surface area contributed by atoms with Crippen molar-refractivity contribution in [1.29, 1.82) is 0 Å². The van der Waals surface area contributed by atoms with Crippen LogP contribution in [0.15, 0.2) is 45.9 Å². The normalized spacial score (nSPS) is 10.9. The number of aromatic nitrogens is 4. The number of fused-ring (bicyclic) bond motifs is 1. The summed E-state index contributed by atoms with van der Waals surface area (Å²) in [7, 11) is 0. The van der Waals surface area contributed by atoms with E-state index in [1.165, 1.54) is 10.8 Å². The number of hydrogen-bond donors (Lipinski definition) is 1. The molecule has 0 amide bonds. The van der Waals surface area contributed by atoms with Crippen molar-refractivity contribution in [2.24, 2.45) is 0 Å². The fourth-order valence-electron chi connectivity index (χ4n) is 1.94. The minimum Gasteiger partial charge on any atom is -0.480 e. The Morgan fingerprint density at radius 3 is 2.67 bits per heavy atom. The molecule has 0 atom stereocenters. The molecule has 0 aliphatic carbocycles. The number of aliphatic carboxylic acids is 1. The summed E-state index contributed by atoms with van der Waals surface area (Å²) in [5.41, 5.74) is 1.26. The molecule has 0 spiro atoms. The summed E-state index contributed by atoms with van der Waals surface area (Å²) < 4.78 is 3.18. The first-order valence-corrected chi connectivity index (χ1v) is 6.77. The minimum atomic E-state index is -1.12. The second kappa shape index (κ2) is 5.13. The maximum Gasteiger partial charge on any atom is 0.325 e. The zero-order valence-electron chi connectivity index (χ0n) is 10.6. The summed E-state index contributed by atoms with van der Waals surface area (Å²) in [5, 5.41) is 16.8. The van der Waals surface area contributed by atoms with E-state index in [1.54, 1.807) is 6.07 Å². The van der Waals surface area contributed by atoms with Gasteiger partial charge in [0.1, 0.15) is 18.4 Å². The largest absolute Gasteiger partial charge is 0.480 e. The first-order chi connectivity index (χ1) is 10.0. The van der Waals surface area contributed by atoms with E-state index >= 15 is 0 Å². The van der Waals surface area contributed by atoms with E-state index in [0.717, 1.165) is 14.7 Å². The Kier molecular flexibility index (Phi) is 3.30. The number of halogens is 1. The molecule has 0 aliphatic rings. The Hall–Kier alpha value is -2.48. The van der Waals surface area contributed by atoms with Gasteiger partial charge in [-0.15, -0.1) is 0 Å². The summed E-state index contributed by atoms with van der Waals surface area (Å²) >= 11 is 3.35. The number of carbonyl (C=O) groups is 1. The van der Waals surface area contributed by atoms with Crippen LogP contribution in [0.5, 0.6) is 0 Å². The Bertz CT molecular complexity index is 883. The first-order valence-electron chi connectivity index (χ1n) is 5.98. The molecule has 2 aromatic heterocycles. The third-order valence-corrected chi connectivity index (χ3v) is 3.44.